The summed E-state index contributed by atoms with van der Waals surface area (Å²) in [7, 11) is 1.21. The van der Waals surface area contributed by atoms with Crippen molar-refractivity contribution < 1.29 is 38.5 Å². The van der Waals surface area contributed by atoms with Crippen LogP contribution in [0.4, 0.5) is 9.59 Å². The highest BCUT2D eigenvalue weighted by Gasteiger charge is 2.25. The van der Waals surface area contributed by atoms with Crippen molar-refractivity contribution in [3.05, 3.63) is 35.9 Å². The Labute approximate surface area is 187 Å². The average molecular weight is 453 g/mol. The Kier molecular flexibility index (Phi) is 11.0. The van der Waals surface area contributed by atoms with E-state index in [0.29, 0.717) is 12.8 Å². The summed E-state index contributed by atoms with van der Waals surface area (Å²) in [6.45, 7) is 5.12. The van der Waals surface area contributed by atoms with Gasteiger partial charge in [-0.1, -0.05) is 43.2 Å². The van der Waals surface area contributed by atoms with Crippen molar-refractivity contribution in [2.24, 2.45) is 0 Å². The predicted octanol–water partition coefficient (Wildman–Crippen LogP) is 2.99. The fraction of sp³-hybridized carbons (Fsp3) is 0.545. The quantitative estimate of drug-likeness (QED) is 0.264. The first-order valence-corrected chi connectivity index (χ1v) is 10.3. The second-order valence-electron chi connectivity index (χ2n) is 8.10. The number of carboxylic acid groups (broad SMARTS) is 1. The molecule has 2 amide bonds. The second-order valence-corrected chi connectivity index (χ2v) is 8.10. The Morgan fingerprint density at radius 1 is 0.938 bits per heavy atom. The number of amides is 2. The Morgan fingerprint density at radius 2 is 1.50 bits per heavy atom. The number of carboxylic acids is 1. The fourth-order valence-electron chi connectivity index (χ4n) is 2.70. The highest BCUT2D eigenvalue weighted by atomic mass is 16.6. The molecule has 0 radical (unpaired) electrons. The van der Waals surface area contributed by atoms with Crippen LogP contribution in [0.15, 0.2) is 30.3 Å². The standard InChI is InChI=1S/C22H32N2O8/c1-22(2,3)32-21(29)24-17(19(27)30-4)13-9-8-12-16(18(25)26)23-20(28)31-14-15-10-6-5-7-11-15/h5-7,10-11,16-17H,8-9,12-14H2,1-4H3,(H,23,28)(H,24,29)(H,25,26)/t16-,17-/m0/s1. The second kappa shape index (κ2) is 13.2. The molecule has 0 heterocycles. The van der Waals surface area contributed by atoms with E-state index in [4.69, 9.17) is 14.2 Å². The van der Waals surface area contributed by atoms with Crippen LogP contribution in [-0.2, 0) is 30.4 Å². The van der Waals surface area contributed by atoms with Crippen molar-refractivity contribution >= 4 is 24.1 Å². The molecule has 1 rings (SSSR count). The molecule has 1 aromatic carbocycles. The van der Waals surface area contributed by atoms with Gasteiger partial charge in [0.15, 0.2) is 0 Å². The van der Waals surface area contributed by atoms with Crippen LogP contribution in [0.5, 0.6) is 0 Å². The number of hydrogen-bond acceptors (Lipinski definition) is 7. The normalized spacial score (nSPS) is 12.8. The summed E-state index contributed by atoms with van der Waals surface area (Å²) >= 11 is 0. The Bertz CT molecular complexity index is 761. The third-order valence-electron chi connectivity index (χ3n) is 4.22. The maximum Gasteiger partial charge on any atom is 0.408 e. The zero-order chi connectivity index (χ0) is 24.1. The van der Waals surface area contributed by atoms with Gasteiger partial charge in [-0.15, -0.1) is 0 Å². The topological polar surface area (TPSA) is 140 Å². The van der Waals surface area contributed by atoms with Gasteiger partial charge >= 0.3 is 24.1 Å². The number of nitrogens with one attached hydrogen (secondary N) is 2. The Hall–Kier alpha value is -3.30. The van der Waals surface area contributed by atoms with Gasteiger partial charge in [-0.2, -0.15) is 0 Å². The van der Waals surface area contributed by atoms with Gasteiger partial charge in [0.05, 0.1) is 7.11 Å². The lowest BCUT2D eigenvalue weighted by molar-refractivity contribution is -0.143. The van der Waals surface area contributed by atoms with Crippen LogP contribution < -0.4 is 10.6 Å². The summed E-state index contributed by atoms with van der Waals surface area (Å²) in [5.74, 6) is -1.83. The largest absolute Gasteiger partial charge is 0.480 e. The van der Waals surface area contributed by atoms with E-state index >= 15 is 0 Å². The van der Waals surface area contributed by atoms with Crippen molar-refractivity contribution in [2.75, 3.05) is 7.11 Å². The summed E-state index contributed by atoms with van der Waals surface area (Å²) in [4.78, 5) is 47.2. The minimum Gasteiger partial charge on any atom is -0.480 e. The lowest BCUT2D eigenvalue weighted by Crippen LogP contribution is -2.44. The molecule has 0 bridgehead atoms. The zero-order valence-corrected chi connectivity index (χ0v) is 18.9. The van der Waals surface area contributed by atoms with Crippen molar-refractivity contribution in [3.63, 3.8) is 0 Å². The lowest BCUT2D eigenvalue weighted by atomic mass is 10.0. The van der Waals surface area contributed by atoms with E-state index in [1.165, 1.54) is 7.11 Å². The summed E-state index contributed by atoms with van der Waals surface area (Å²) < 4.78 is 14.9. The molecule has 10 nitrogen and oxygen atoms in total. The molecule has 3 N–H and O–H groups in total. The molecule has 10 heteroatoms. The summed E-state index contributed by atoms with van der Waals surface area (Å²) in [6.07, 6.45) is -0.466. The van der Waals surface area contributed by atoms with E-state index in [9.17, 15) is 24.3 Å². The maximum atomic E-state index is 11.9. The van der Waals surface area contributed by atoms with Crippen molar-refractivity contribution in [3.8, 4) is 0 Å². The number of methoxy groups -OCH3 is 1. The monoisotopic (exact) mass is 452 g/mol. The van der Waals surface area contributed by atoms with Crippen molar-refractivity contribution in [1.29, 1.82) is 0 Å². The van der Waals surface area contributed by atoms with Gasteiger partial charge in [-0.25, -0.2) is 19.2 Å². The van der Waals surface area contributed by atoms with Gasteiger partial charge in [0.2, 0.25) is 0 Å². The predicted molar refractivity (Wildman–Crippen MR) is 115 cm³/mol. The summed E-state index contributed by atoms with van der Waals surface area (Å²) in [6, 6.07) is 6.93. The molecule has 32 heavy (non-hydrogen) atoms. The first-order valence-electron chi connectivity index (χ1n) is 10.3. The third kappa shape index (κ3) is 11.2. The molecular formula is C22H32N2O8. The van der Waals surface area contributed by atoms with Gasteiger partial charge in [0, 0.05) is 0 Å². The van der Waals surface area contributed by atoms with Crippen LogP contribution in [0.2, 0.25) is 0 Å². The number of ether oxygens (including phenoxy) is 3. The van der Waals surface area contributed by atoms with Crippen LogP contribution >= 0.6 is 0 Å². The van der Waals surface area contributed by atoms with Gasteiger partial charge in [0.1, 0.15) is 24.3 Å². The number of benzene rings is 1. The fourth-order valence-corrected chi connectivity index (χ4v) is 2.70. The van der Waals surface area contributed by atoms with Gasteiger partial charge in [-0.05, 0) is 39.2 Å². The molecule has 0 aliphatic rings. The SMILES string of the molecule is COC(=O)[C@H](CCCC[C@H](NC(=O)OCc1ccccc1)C(=O)O)NC(=O)OC(C)(C)C. The minimum atomic E-state index is -1.20. The third-order valence-corrected chi connectivity index (χ3v) is 4.22. The van der Waals surface area contributed by atoms with Gasteiger partial charge < -0.3 is 30.0 Å². The molecule has 0 saturated carbocycles. The first kappa shape index (κ1) is 26.7. The van der Waals surface area contributed by atoms with Crippen molar-refractivity contribution in [1.82, 2.24) is 10.6 Å². The van der Waals surface area contributed by atoms with Gasteiger partial charge in [0.25, 0.3) is 0 Å². The molecular weight excluding hydrogens is 420 g/mol. The molecule has 0 saturated heterocycles. The zero-order valence-electron chi connectivity index (χ0n) is 18.9. The lowest BCUT2D eigenvalue weighted by Gasteiger charge is -2.22. The Morgan fingerprint density at radius 3 is 2.03 bits per heavy atom. The molecule has 0 aliphatic carbocycles. The smallest absolute Gasteiger partial charge is 0.408 e. The number of carbonyl (C=O) groups is 4. The molecule has 0 aromatic heterocycles. The van der Waals surface area contributed by atoms with Gasteiger partial charge in [-0.3, -0.25) is 0 Å². The minimum absolute atomic E-state index is 0.0240. The molecule has 0 aliphatic heterocycles. The van der Waals surface area contributed by atoms with Crippen molar-refractivity contribution in [2.45, 2.75) is 70.7 Å². The van der Waals surface area contributed by atoms with E-state index in [1.807, 2.05) is 6.07 Å². The van der Waals surface area contributed by atoms with E-state index in [1.54, 1.807) is 45.0 Å². The van der Waals surface area contributed by atoms with E-state index in [-0.39, 0.29) is 19.4 Å². The number of alkyl carbamates (subject to hydrolysis) is 2. The van der Waals surface area contributed by atoms with E-state index in [2.05, 4.69) is 10.6 Å². The molecule has 2 atom stereocenters. The maximum absolute atomic E-state index is 11.9. The van der Waals surface area contributed by atoms with E-state index < -0.39 is 41.8 Å². The average Bonchev–Trinajstić information content (AvgIpc) is 2.72. The molecule has 1 aromatic rings. The molecule has 0 fully saturated rings. The number of rotatable bonds is 11. The number of hydrogen-bond donors (Lipinski definition) is 3. The van der Waals surface area contributed by atoms with Crippen LogP contribution in [0.3, 0.4) is 0 Å². The number of carbonyl (C=O) groups excluding carboxylic acids is 3. The van der Waals surface area contributed by atoms with Crippen LogP contribution in [0.25, 0.3) is 0 Å². The highest BCUT2D eigenvalue weighted by Crippen LogP contribution is 2.11. The first-order chi connectivity index (χ1) is 15.0. The van der Waals surface area contributed by atoms with Crippen LogP contribution in [0, 0.1) is 0 Å². The van der Waals surface area contributed by atoms with Crippen LogP contribution in [0.1, 0.15) is 52.0 Å². The summed E-state index contributed by atoms with van der Waals surface area (Å²) in [5.41, 5.74) is 0.0566. The highest BCUT2D eigenvalue weighted by molar-refractivity contribution is 5.81. The number of aliphatic carboxylic acids is 1. The number of esters is 1. The summed E-state index contributed by atoms with van der Waals surface area (Å²) in [5, 5.41) is 14.1. The Balaban J connectivity index is 2.47. The molecule has 0 unspecified atom stereocenters. The van der Waals surface area contributed by atoms with Crippen LogP contribution in [-0.4, -0.2) is 54.0 Å². The molecule has 178 valence electrons. The number of unbranched alkanes of at least 4 members (excludes halogenated alkanes) is 1. The van der Waals surface area contributed by atoms with E-state index in [0.717, 1.165) is 5.56 Å². The molecule has 0 spiro atoms.